The largest absolute Gasteiger partial charge is 0.410 e. The molecule has 0 bridgehead atoms. The topological polar surface area (TPSA) is 62.0 Å². The van der Waals surface area contributed by atoms with Crippen molar-refractivity contribution in [2.24, 2.45) is 10.1 Å². The number of allylic oxidation sites excluding steroid dienone is 2. The number of rotatable bonds is 4. The first-order chi connectivity index (χ1) is 6.79. The standard InChI is InChI=1S/C8H10N2O2.C2H6/c1-3-5-9-7(4-2)8(6-11)10-12;1-2/h3-6,12H,2H2,1H3;1-2H3/b5-3-,9-7-,10-8+;. The summed E-state index contributed by atoms with van der Waals surface area (Å²) in [6.45, 7) is 9.19. The minimum atomic E-state index is -0.136. The highest BCUT2D eigenvalue weighted by Crippen LogP contribution is 1.86. The van der Waals surface area contributed by atoms with Crippen molar-refractivity contribution in [3.63, 3.8) is 0 Å². The number of aldehydes is 1. The molecule has 0 spiro atoms. The van der Waals surface area contributed by atoms with Gasteiger partial charge in [-0.1, -0.05) is 31.7 Å². The minimum absolute atomic E-state index is 0.136. The summed E-state index contributed by atoms with van der Waals surface area (Å²) in [6, 6.07) is 0. The van der Waals surface area contributed by atoms with Crippen molar-refractivity contribution in [2.75, 3.05) is 0 Å². The van der Waals surface area contributed by atoms with Gasteiger partial charge in [-0.05, 0) is 13.0 Å². The molecular formula is C10H16N2O2. The molecule has 0 heterocycles. The zero-order chi connectivity index (χ0) is 11.4. The summed E-state index contributed by atoms with van der Waals surface area (Å²) in [5, 5.41) is 11.1. The van der Waals surface area contributed by atoms with Crippen LogP contribution in [0.2, 0.25) is 0 Å². The fraction of sp³-hybridized carbons (Fsp3) is 0.300. The third-order valence-corrected chi connectivity index (χ3v) is 1.04. The van der Waals surface area contributed by atoms with E-state index in [1.165, 1.54) is 12.3 Å². The molecule has 0 atom stereocenters. The van der Waals surface area contributed by atoms with E-state index in [0.29, 0.717) is 6.29 Å². The highest BCUT2D eigenvalue weighted by molar-refractivity contribution is 6.64. The molecule has 0 saturated heterocycles. The molecule has 0 aliphatic carbocycles. The molecule has 0 aromatic carbocycles. The van der Waals surface area contributed by atoms with Crippen LogP contribution in [0.3, 0.4) is 0 Å². The third kappa shape index (κ3) is 5.88. The van der Waals surface area contributed by atoms with Gasteiger partial charge in [0.2, 0.25) is 0 Å². The lowest BCUT2D eigenvalue weighted by molar-refractivity contribution is -0.102. The van der Waals surface area contributed by atoms with Crippen LogP contribution in [-0.2, 0) is 4.79 Å². The number of hydrogen-bond acceptors (Lipinski definition) is 4. The number of carbonyl (C=O) groups is 1. The van der Waals surface area contributed by atoms with Gasteiger partial charge in [-0.2, -0.15) is 0 Å². The smallest absolute Gasteiger partial charge is 0.174 e. The Hall–Kier alpha value is -1.71. The van der Waals surface area contributed by atoms with Gasteiger partial charge in [0, 0.05) is 6.20 Å². The van der Waals surface area contributed by atoms with Crippen LogP contribution in [0.25, 0.3) is 0 Å². The maximum Gasteiger partial charge on any atom is 0.174 e. The Morgan fingerprint density at radius 1 is 1.36 bits per heavy atom. The van der Waals surface area contributed by atoms with Gasteiger partial charge in [-0.25, -0.2) is 0 Å². The van der Waals surface area contributed by atoms with Crippen molar-refractivity contribution in [3.05, 3.63) is 24.9 Å². The summed E-state index contributed by atoms with van der Waals surface area (Å²) in [5.74, 6) is 0. The Morgan fingerprint density at radius 2 is 1.93 bits per heavy atom. The van der Waals surface area contributed by atoms with Crippen LogP contribution in [0.4, 0.5) is 0 Å². The van der Waals surface area contributed by atoms with Crippen molar-refractivity contribution < 1.29 is 10.0 Å². The normalized spacial score (nSPS) is 11.9. The van der Waals surface area contributed by atoms with Gasteiger partial charge in [0.25, 0.3) is 0 Å². The molecule has 0 unspecified atom stereocenters. The second-order valence-electron chi connectivity index (χ2n) is 1.80. The molecule has 0 rings (SSSR count). The van der Waals surface area contributed by atoms with Gasteiger partial charge < -0.3 is 5.21 Å². The molecule has 1 N–H and O–H groups in total. The predicted octanol–water partition coefficient (Wildman–Crippen LogP) is 2.20. The lowest BCUT2D eigenvalue weighted by Gasteiger charge is -1.92. The predicted molar refractivity (Wildman–Crippen MR) is 59.1 cm³/mol. The van der Waals surface area contributed by atoms with Crippen LogP contribution in [0, 0.1) is 0 Å². The minimum Gasteiger partial charge on any atom is -0.410 e. The lowest BCUT2D eigenvalue weighted by atomic mass is 10.2. The number of carbonyl (C=O) groups excluding carboxylic acids is 1. The zero-order valence-corrected chi connectivity index (χ0v) is 8.77. The average molecular weight is 196 g/mol. The fourth-order valence-electron chi connectivity index (χ4n) is 0.513. The number of hydrogen-bond donors (Lipinski definition) is 1. The van der Waals surface area contributed by atoms with E-state index < -0.39 is 0 Å². The quantitative estimate of drug-likeness (QED) is 0.324. The van der Waals surface area contributed by atoms with E-state index in [2.05, 4.69) is 16.7 Å². The highest BCUT2D eigenvalue weighted by atomic mass is 16.4. The van der Waals surface area contributed by atoms with Crippen LogP contribution >= 0.6 is 0 Å². The SMILES string of the molecule is C=CC(=N/C=C\C)/C(C=O)=N/O.CC. The van der Waals surface area contributed by atoms with E-state index in [1.54, 1.807) is 13.0 Å². The molecule has 0 radical (unpaired) electrons. The molecule has 0 aromatic rings. The van der Waals surface area contributed by atoms with E-state index in [1.807, 2.05) is 13.8 Å². The Morgan fingerprint density at radius 3 is 2.21 bits per heavy atom. The fourth-order valence-corrected chi connectivity index (χ4v) is 0.513. The van der Waals surface area contributed by atoms with Crippen LogP contribution in [-0.4, -0.2) is 22.9 Å². The number of aliphatic imine (C=N–C) groups is 1. The molecule has 4 nitrogen and oxygen atoms in total. The molecule has 0 aromatic heterocycles. The first-order valence-electron chi connectivity index (χ1n) is 4.29. The highest BCUT2D eigenvalue weighted by Gasteiger charge is 2.02. The van der Waals surface area contributed by atoms with E-state index in [-0.39, 0.29) is 11.4 Å². The van der Waals surface area contributed by atoms with Crippen molar-refractivity contribution in [1.29, 1.82) is 0 Å². The Balaban J connectivity index is 0. The molecule has 0 saturated carbocycles. The Labute approximate surface area is 84.4 Å². The second-order valence-corrected chi connectivity index (χ2v) is 1.80. The summed E-state index contributed by atoms with van der Waals surface area (Å²) >= 11 is 0. The zero-order valence-electron chi connectivity index (χ0n) is 8.77. The molecule has 0 aliphatic rings. The van der Waals surface area contributed by atoms with Crippen LogP contribution in [0.5, 0.6) is 0 Å². The van der Waals surface area contributed by atoms with Gasteiger partial charge in [-0.3, -0.25) is 9.79 Å². The van der Waals surface area contributed by atoms with Gasteiger partial charge in [0.1, 0.15) is 0 Å². The molecule has 0 aliphatic heterocycles. The summed E-state index contributed by atoms with van der Waals surface area (Å²) in [5.41, 5.74) is 0.105. The van der Waals surface area contributed by atoms with E-state index in [4.69, 9.17) is 5.21 Å². The monoisotopic (exact) mass is 196 g/mol. The van der Waals surface area contributed by atoms with Gasteiger partial charge in [0.05, 0.1) is 5.71 Å². The van der Waals surface area contributed by atoms with Crippen LogP contribution in [0.15, 0.2) is 35.1 Å². The van der Waals surface area contributed by atoms with E-state index in [9.17, 15) is 4.79 Å². The summed E-state index contributed by atoms with van der Waals surface area (Å²) in [6.07, 6.45) is 4.91. The molecule has 78 valence electrons. The second kappa shape index (κ2) is 11.3. The third-order valence-electron chi connectivity index (χ3n) is 1.04. The van der Waals surface area contributed by atoms with Crippen LogP contribution in [0.1, 0.15) is 20.8 Å². The Kier molecular flexibility index (Phi) is 11.9. The van der Waals surface area contributed by atoms with E-state index >= 15 is 0 Å². The molecular weight excluding hydrogens is 180 g/mol. The molecule has 0 fully saturated rings. The Bertz CT molecular complexity index is 253. The first kappa shape index (κ1) is 14.8. The molecule has 0 amide bonds. The van der Waals surface area contributed by atoms with Crippen molar-refractivity contribution in [1.82, 2.24) is 0 Å². The van der Waals surface area contributed by atoms with E-state index in [0.717, 1.165) is 0 Å². The number of oxime groups is 1. The number of nitrogens with zero attached hydrogens (tertiary/aromatic N) is 2. The van der Waals surface area contributed by atoms with Crippen molar-refractivity contribution in [2.45, 2.75) is 20.8 Å². The lowest BCUT2D eigenvalue weighted by Crippen LogP contribution is -2.12. The maximum atomic E-state index is 10.3. The molecule has 14 heavy (non-hydrogen) atoms. The average Bonchev–Trinajstić information content (AvgIpc) is 2.27. The van der Waals surface area contributed by atoms with Crippen molar-refractivity contribution in [3.8, 4) is 0 Å². The summed E-state index contributed by atoms with van der Waals surface area (Å²) in [7, 11) is 0. The molecule has 4 heteroatoms. The van der Waals surface area contributed by atoms with Gasteiger partial charge in [0.15, 0.2) is 12.0 Å². The first-order valence-corrected chi connectivity index (χ1v) is 4.29. The summed E-state index contributed by atoms with van der Waals surface area (Å²) < 4.78 is 0. The maximum absolute atomic E-state index is 10.3. The van der Waals surface area contributed by atoms with Crippen molar-refractivity contribution >= 4 is 17.7 Å². The van der Waals surface area contributed by atoms with Gasteiger partial charge in [-0.15, -0.1) is 0 Å². The van der Waals surface area contributed by atoms with Gasteiger partial charge >= 0.3 is 0 Å². The summed E-state index contributed by atoms with van der Waals surface area (Å²) in [4.78, 5) is 14.1. The van der Waals surface area contributed by atoms with Crippen LogP contribution < -0.4 is 0 Å².